The number of likely N-dealkylation sites (tertiary alicyclic amines) is 1. The van der Waals surface area contributed by atoms with E-state index in [1.807, 2.05) is 0 Å². The first-order chi connectivity index (χ1) is 14.3. The van der Waals surface area contributed by atoms with Gasteiger partial charge in [0.15, 0.2) is 0 Å². The summed E-state index contributed by atoms with van der Waals surface area (Å²) in [6.07, 6.45) is 0.663. The molecule has 0 aromatic heterocycles. The van der Waals surface area contributed by atoms with Gasteiger partial charge in [0, 0.05) is 50.1 Å². The summed E-state index contributed by atoms with van der Waals surface area (Å²) < 4.78 is 29.0. The molecule has 3 aliphatic rings. The molecule has 0 bridgehead atoms. The van der Waals surface area contributed by atoms with Crippen LogP contribution in [0.4, 0.5) is 0 Å². The van der Waals surface area contributed by atoms with Crippen molar-refractivity contribution in [1.29, 1.82) is 0 Å². The van der Waals surface area contributed by atoms with Crippen LogP contribution in [0.5, 0.6) is 0 Å². The molecule has 8 heteroatoms. The molecule has 3 aliphatic heterocycles. The molecule has 0 saturated carbocycles. The lowest BCUT2D eigenvalue weighted by atomic mass is 9.70. The minimum absolute atomic E-state index is 0.0438. The fraction of sp³-hybridized carbons (Fsp3) is 0.833. The summed E-state index contributed by atoms with van der Waals surface area (Å²) in [7, 11) is -3.50. The predicted molar refractivity (Wildman–Crippen MR) is 130 cm³/mol. The molecule has 0 radical (unpaired) electrons. The van der Waals surface area contributed by atoms with Crippen molar-refractivity contribution >= 4 is 21.8 Å². The zero-order valence-corrected chi connectivity index (χ0v) is 22.4. The Balaban J connectivity index is 1.95. The molecular weight excluding hydrogens is 424 g/mol. The van der Waals surface area contributed by atoms with E-state index in [1.54, 1.807) is 4.90 Å². The van der Waals surface area contributed by atoms with Crippen LogP contribution in [0.1, 0.15) is 75.7 Å². The van der Waals surface area contributed by atoms with Crippen LogP contribution in [0.25, 0.3) is 0 Å². The lowest BCUT2D eigenvalue weighted by molar-refractivity contribution is -0.131. The second-order valence-corrected chi connectivity index (χ2v) is 14.8. The zero-order chi connectivity index (χ0) is 24.4. The monoisotopic (exact) mass is 466 g/mol. The lowest BCUT2D eigenvalue weighted by Gasteiger charge is -2.45. The van der Waals surface area contributed by atoms with Gasteiger partial charge in [-0.15, -0.1) is 0 Å². The standard InChI is InChI=1S/C24H42N4O3S/c1-15(29)27-13-17(14-27)32(30,31)26-16-11-18-19(22(2,3)4)20(23(5,6)7)25-21(24(8,9)10)28(18)12-16/h16-17,20,26H,11-14H2,1-10H3/t16?,20-/m1/s1. The van der Waals surface area contributed by atoms with Crippen LogP contribution in [0.2, 0.25) is 0 Å². The predicted octanol–water partition coefficient (Wildman–Crippen LogP) is 3.38. The summed E-state index contributed by atoms with van der Waals surface area (Å²) in [5.41, 5.74) is 2.26. The van der Waals surface area contributed by atoms with Gasteiger partial charge in [-0.3, -0.25) is 9.79 Å². The highest BCUT2D eigenvalue weighted by Gasteiger charge is 2.48. The molecule has 0 aromatic rings. The molecule has 7 nitrogen and oxygen atoms in total. The fourth-order valence-corrected chi connectivity index (χ4v) is 6.56. The molecule has 1 N–H and O–H groups in total. The molecule has 0 aliphatic carbocycles. The van der Waals surface area contributed by atoms with E-state index in [2.05, 4.69) is 71.9 Å². The van der Waals surface area contributed by atoms with Gasteiger partial charge in [-0.25, -0.2) is 13.1 Å². The largest absolute Gasteiger partial charge is 0.340 e. The van der Waals surface area contributed by atoms with E-state index in [0.29, 0.717) is 13.0 Å². The summed E-state index contributed by atoms with van der Waals surface area (Å²) >= 11 is 0. The van der Waals surface area contributed by atoms with Crippen LogP contribution in [-0.2, 0) is 14.8 Å². The summed E-state index contributed by atoms with van der Waals surface area (Å²) in [4.78, 5) is 20.6. The first-order valence-corrected chi connectivity index (χ1v) is 13.2. The van der Waals surface area contributed by atoms with Gasteiger partial charge in [-0.2, -0.15) is 0 Å². The molecule has 1 unspecified atom stereocenters. The van der Waals surface area contributed by atoms with E-state index in [4.69, 9.17) is 4.99 Å². The quantitative estimate of drug-likeness (QED) is 0.691. The van der Waals surface area contributed by atoms with E-state index >= 15 is 0 Å². The van der Waals surface area contributed by atoms with Gasteiger partial charge in [-0.05, 0) is 16.4 Å². The maximum absolute atomic E-state index is 13.0. The van der Waals surface area contributed by atoms with Crippen molar-refractivity contribution in [2.24, 2.45) is 21.2 Å². The van der Waals surface area contributed by atoms with Crippen molar-refractivity contribution < 1.29 is 13.2 Å². The summed E-state index contributed by atoms with van der Waals surface area (Å²) in [6, 6.07) is -0.154. The number of hydrogen-bond acceptors (Lipinski definition) is 5. The van der Waals surface area contributed by atoms with E-state index in [0.717, 1.165) is 5.84 Å². The van der Waals surface area contributed by atoms with Crippen molar-refractivity contribution in [2.75, 3.05) is 19.6 Å². The molecule has 3 rings (SSSR count). The number of hydrogen-bond donors (Lipinski definition) is 1. The van der Waals surface area contributed by atoms with Crippen molar-refractivity contribution in [3.63, 3.8) is 0 Å². The van der Waals surface area contributed by atoms with Gasteiger partial charge < -0.3 is 9.80 Å². The molecule has 2 fully saturated rings. The molecule has 2 atom stereocenters. The SMILES string of the molecule is CC(=O)N1CC(S(=O)(=O)NC2CC3=C(C(C)(C)C)[C@H](C(C)(C)C)N=C(C(C)(C)C)N3C2)C1. The second kappa shape index (κ2) is 7.83. The first-order valence-electron chi connectivity index (χ1n) is 11.7. The average Bonchev–Trinajstić information content (AvgIpc) is 2.89. The third-order valence-corrected chi connectivity index (χ3v) is 8.46. The third kappa shape index (κ3) is 4.76. The number of nitrogens with zero attached hydrogens (tertiary/aromatic N) is 3. The van der Waals surface area contributed by atoms with Crippen molar-refractivity contribution in [3.05, 3.63) is 11.3 Å². The molecular formula is C24H42N4O3S. The first kappa shape index (κ1) is 25.2. The van der Waals surface area contributed by atoms with Gasteiger partial charge in [0.2, 0.25) is 15.9 Å². The number of rotatable bonds is 3. The Morgan fingerprint density at radius 1 is 0.969 bits per heavy atom. The topological polar surface area (TPSA) is 82.1 Å². The molecule has 2 saturated heterocycles. The number of fused-ring (bicyclic) bond motifs is 1. The van der Waals surface area contributed by atoms with Gasteiger partial charge in [0.05, 0.1) is 6.04 Å². The van der Waals surface area contributed by atoms with Gasteiger partial charge in [0.1, 0.15) is 11.1 Å². The third-order valence-electron chi connectivity index (χ3n) is 6.62. The lowest BCUT2D eigenvalue weighted by Crippen LogP contribution is -2.60. The maximum Gasteiger partial charge on any atom is 0.219 e. The molecule has 0 aromatic carbocycles. The molecule has 182 valence electrons. The number of carbonyl (C=O) groups excluding carboxylic acids is 1. The average molecular weight is 467 g/mol. The Kier molecular flexibility index (Phi) is 6.17. The highest BCUT2D eigenvalue weighted by atomic mass is 32.2. The summed E-state index contributed by atoms with van der Waals surface area (Å²) in [5.74, 6) is 0.960. The Labute approximate surface area is 194 Å². The normalized spacial score (nSPS) is 25.6. The molecule has 1 amide bonds. The Bertz CT molecular complexity index is 939. The van der Waals surface area contributed by atoms with Crippen LogP contribution >= 0.6 is 0 Å². The molecule has 3 heterocycles. The van der Waals surface area contributed by atoms with E-state index < -0.39 is 15.3 Å². The number of sulfonamides is 1. The molecule has 32 heavy (non-hydrogen) atoms. The van der Waals surface area contributed by atoms with Crippen LogP contribution < -0.4 is 4.72 Å². The van der Waals surface area contributed by atoms with Gasteiger partial charge in [0.25, 0.3) is 0 Å². The second-order valence-electron chi connectivity index (χ2n) is 12.8. The molecule has 0 spiro atoms. The van der Waals surface area contributed by atoms with E-state index in [9.17, 15) is 13.2 Å². The number of nitrogens with one attached hydrogen (secondary N) is 1. The summed E-state index contributed by atoms with van der Waals surface area (Å²) in [6.45, 7) is 22.5. The number of amidine groups is 1. The minimum atomic E-state index is -3.50. The zero-order valence-electron chi connectivity index (χ0n) is 21.5. The Morgan fingerprint density at radius 2 is 1.53 bits per heavy atom. The van der Waals surface area contributed by atoms with Crippen LogP contribution in [0, 0.1) is 16.2 Å². The maximum atomic E-state index is 13.0. The number of amides is 1. The Hall–Kier alpha value is -1.41. The fourth-order valence-electron chi connectivity index (χ4n) is 4.99. The highest BCUT2D eigenvalue weighted by Crippen LogP contribution is 2.47. The summed E-state index contributed by atoms with van der Waals surface area (Å²) in [5, 5.41) is -0.529. The van der Waals surface area contributed by atoms with Gasteiger partial charge in [-0.1, -0.05) is 62.3 Å². The van der Waals surface area contributed by atoms with Gasteiger partial charge >= 0.3 is 0 Å². The van der Waals surface area contributed by atoms with Crippen molar-refractivity contribution in [1.82, 2.24) is 14.5 Å². The minimum Gasteiger partial charge on any atom is -0.340 e. The van der Waals surface area contributed by atoms with Crippen molar-refractivity contribution in [3.8, 4) is 0 Å². The smallest absolute Gasteiger partial charge is 0.219 e. The van der Waals surface area contributed by atoms with E-state index in [1.165, 1.54) is 18.2 Å². The van der Waals surface area contributed by atoms with E-state index in [-0.39, 0.29) is 47.3 Å². The Morgan fingerprint density at radius 3 is 1.97 bits per heavy atom. The van der Waals surface area contributed by atoms with Crippen LogP contribution in [0.3, 0.4) is 0 Å². The highest BCUT2D eigenvalue weighted by molar-refractivity contribution is 7.90. The number of aliphatic imine (C=N–C) groups is 1. The van der Waals surface area contributed by atoms with Crippen LogP contribution in [0.15, 0.2) is 16.3 Å². The van der Waals surface area contributed by atoms with Crippen LogP contribution in [-0.4, -0.2) is 66.9 Å². The number of carbonyl (C=O) groups is 1. The van der Waals surface area contributed by atoms with Crippen molar-refractivity contribution in [2.45, 2.75) is 93.0 Å².